The monoisotopic (exact) mass is 421 g/mol. The van der Waals surface area contributed by atoms with E-state index >= 15 is 0 Å². The molecule has 1 saturated heterocycles. The first-order chi connectivity index (χ1) is 14.1. The average Bonchev–Trinajstić information content (AvgIpc) is 3.11. The Morgan fingerprint density at radius 3 is 2.07 bits per heavy atom. The number of carbonyl (C=O) groups is 3. The van der Waals surface area contributed by atoms with E-state index in [0.29, 0.717) is 29.4 Å². The SMILES string of the molecule is COc1cc(C(=O)NCCNC(=O)C2CC(=O)N(C(C)(C)C)C2)cc(OC)c1OC. The summed E-state index contributed by atoms with van der Waals surface area (Å²) in [5.41, 5.74) is 0.0404. The number of amides is 3. The fraction of sp³-hybridized carbons (Fsp3) is 0.571. The number of hydrogen-bond donors (Lipinski definition) is 2. The minimum absolute atomic E-state index is 0.0154. The van der Waals surface area contributed by atoms with Crippen LogP contribution in [0, 0.1) is 5.92 Å². The molecule has 0 spiro atoms. The van der Waals surface area contributed by atoms with Gasteiger partial charge in [0.15, 0.2) is 11.5 Å². The molecule has 9 nitrogen and oxygen atoms in total. The van der Waals surface area contributed by atoms with E-state index in [9.17, 15) is 14.4 Å². The van der Waals surface area contributed by atoms with Crippen LogP contribution in [0.2, 0.25) is 0 Å². The standard InChI is InChI=1S/C21H31N3O6/c1-21(2,3)24-12-14(11-17(24)25)20(27)23-8-7-22-19(26)13-9-15(28-4)18(30-6)16(10-13)29-5/h9-10,14H,7-8,11-12H2,1-6H3,(H,22,26)(H,23,27). The summed E-state index contributed by atoms with van der Waals surface area (Å²) in [6.07, 6.45) is 0.209. The van der Waals surface area contributed by atoms with Crippen LogP contribution in [0.4, 0.5) is 0 Å². The van der Waals surface area contributed by atoms with Crippen molar-refractivity contribution in [2.45, 2.75) is 32.7 Å². The predicted molar refractivity (Wildman–Crippen MR) is 111 cm³/mol. The van der Waals surface area contributed by atoms with Crippen LogP contribution in [0.15, 0.2) is 12.1 Å². The highest BCUT2D eigenvalue weighted by Crippen LogP contribution is 2.38. The zero-order valence-corrected chi connectivity index (χ0v) is 18.5. The van der Waals surface area contributed by atoms with Crippen molar-refractivity contribution in [3.63, 3.8) is 0 Å². The Hall–Kier alpha value is -2.97. The molecule has 1 fully saturated rings. The molecule has 2 rings (SSSR count). The van der Waals surface area contributed by atoms with E-state index < -0.39 is 0 Å². The molecule has 1 heterocycles. The van der Waals surface area contributed by atoms with Gasteiger partial charge in [-0.25, -0.2) is 0 Å². The lowest BCUT2D eigenvalue weighted by Crippen LogP contribution is -2.43. The Balaban J connectivity index is 1.87. The van der Waals surface area contributed by atoms with Crippen LogP contribution in [0.3, 0.4) is 0 Å². The fourth-order valence-electron chi connectivity index (χ4n) is 3.35. The van der Waals surface area contributed by atoms with Crippen LogP contribution in [0.5, 0.6) is 17.2 Å². The van der Waals surface area contributed by atoms with Crippen LogP contribution in [0.1, 0.15) is 37.6 Å². The molecule has 166 valence electrons. The number of methoxy groups -OCH3 is 3. The molecule has 9 heteroatoms. The fourth-order valence-corrected chi connectivity index (χ4v) is 3.35. The third-order valence-corrected chi connectivity index (χ3v) is 4.94. The summed E-state index contributed by atoms with van der Waals surface area (Å²) >= 11 is 0. The maximum Gasteiger partial charge on any atom is 0.251 e. The summed E-state index contributed by atoms with van der Waals surface area (Å²) < 4.78 is 15.7. The summed E-state index contributed by atoms with van der Waals surface area (Å²) in [6.45, 7) is 6.75. The molecule has 30 heavy (non-hydrogen) atoms. The van der Waals surface area contributed by atoms with Crippen molar-refractivity contribution in [3.8, 4) is 17.2 Å². The molecular formula is C21H31N3O6. The molecular weight excluding hydrogens is 390 g/mol. The molecule has 1 aromatic carbocycles. The number of hydrogen-bond acceptors (Lipinski definition) is 6. The van der Waals surface area contributed by atoms with Gasteiger partial charge in [-0.2, -0.15) is 0 Å². The Kier molecular flexibility index (Phi) is 7.53. The quantitative estimate of drug-likeness (QED) is 0.611. The second-order valence-electron chi connectivity index (χ2n) is 8.04. The lowest BCUT2D eigenvalue weighted by molar-refractivity contribution is -0.132. The van der Waals surface area contributed by atoms with Gasteiger partial charge in [0, 0.05) is 37.2 Å². The Morgan fingerprint density at radius 2 is 1.60 bits per heavy atom. The van der Waals surface area contributed by atoms with Gasteiger partial charge in [-0.1, -0.05) is 0 Å². The van der Waals surface area contributed by atoms with Crippen LogP contribution in [-0.2, 0) is 9.59 Å². The molecule has 0 radical (unpaired) electrons. The minimum Gasteiger partial charge on any atom is -0.493 e. The van der Waals surface area contributed by atoms with Gasteiger partial charge >= 0.3 is 0 Å². The van der Waals surface area contributed by atoms with Gasteiger partial charge in [-0.3, -0.25) is 14.4 Å². The number of rotatable bonds is 8. The van der Waals surface area contributed by atoms with Gasteiger partial charge in [0.25, 0.3) is 5.91 Å². The summed E-state index contributed by atoms with van der Waals surface area (Å²) in [7, 11) is 4.44. The first-order valence-corrected chi connectivity index (χ1v) is 9.78. The highest BCUT2D eigenvalue weighted by atomic mass is 16.5. The molecule has 1 aliphatic heterocycles. The molecule has 0 bridgehead atoms. The molecule has 3 amide bonds. The number of carbonyl (C=O) groups excluding carboxylic acids is 3. The lowest BCUT2D eigenvalue weighted by atomic mass is 10.1. The van der Waals surface area contributed by atoms with Crippen LogP contribution in [0.25, 0.3) is 0 Å². The third kappa shape index (κ3) is 5.34. The number of likely N-dealkylation sites (tertiary alicyclic amines) is 1. The van der Waals surface area contributed by atoms with Gasteiger partial charge in [0.1, 0.15) is 0 Å². The summed E-state index contributed by atoms with van der Waals surface area (Å²) in [4.78, 5) is 38.7. The van der Waals surface area contributed by atoms with Gasteiger partial charge in [-0.15, -0.1) is 0 Å². The smallest absolute Gasteiger partial charge is 0.251 e. The Bertz CT molecular complexity index is 777. The number of nitrogens with one attached hydrogen (secondary N) is 2. The Morgan fingerprint density at radius 1 is 1.03 bits per heavy atom. The minimum atomic E-state index is -0.373. The summed E-state index contributed by atoms with van der Waals surface area (Å²) in [5.74, 6) is 0.255. The number of nitrogens with zero attached hydrogens (tertiary/aromatic N) is 1. The first-order valence-electron chi connectivity index (χ1n) is 9.78. The van der Waals surface area contributed by atoms with E-state index in [4.69, 9.17) is 14.2 Å². The highest BCUT2D eigenvalue weighted by molar-refractivity contribution is 5.95. The van der Waals surface area contributed by atoms with Crippen LogP contribution < -0.4 is 24.8 Å². The Labute approximate surface area is 177 Å². The number of benzene rings is 1. The predicted octanol–water partition coefficient (Wildman–Crippen LogP) is 1.21. The van der Waals surface area contributed by atoms with Crippen LogP contribution >= 0.6 is 0 Å². The van der Waals surface area contributed by atoms with Crippen molar-refractivity contribution in [1.82, 2.24) is 15.5 Å². The van der Waals surface area contributed by atoms with Crippen molar-refractivity contribution in [2.75, 3.05) is 41.0 Å². The zero-order chi connectivity index (χ0) is 22.5. The summed E-state index contributed by atoms with van der Waals surface area (Å²) in [5, 5.41) is 5.53. The van der Waals surface area contributed by atoms with E-state index in [2.05, 4.69) is 10.6 Å². The molecule has 1 unspecified atom stereocenters. The number of ether oxygens (including phenoxy) is 3. The topological polar surface area (TPSA) is 106 Å². The third-order valence-electron chi connectivity index (χ3n) is 4.94. The molecule has 0 aromatic heterocycles. The van der Waals surface area contributed by atoms with Crippen molar-refractivity contribution < 1.29 is 28.6 Å². The largest absolute Gasteiger partial charge is 0.493 e. The van der Waals surface area contributed by atoms with E-state index in [-0.39, 0.29) is 48.7 Å². The normalized spacial score (nSPS) is 16.3. The molecule has 2 N–H and O–H groups in total. The average molecular weight is 421 g/mol. The van der Waals surface area contributed by atoms with Crippen molar-refractivity contribution in [3.05, 3.63) is 17.7 Å². The van der Waals surface area contributed by atoms with E-state index in [0.717, 1.165) is 0 Å². The van der Waals surface area contributed by atoms with E-state index in [1.54, 1.807) is 17.0 Å². The maximum atomic E-state index is 12.5. The molecule has 0 saturated carbocycles. The molecule has 0 aliphatic carbocycles. The lowest BCUT2D eigenvalue weighted by Gasteiger charge is -2.31. The van der Waals surface area contributed by atoms with Crippen LogP contribution in [-0.4, -0.2) is 69.1 Å². The van der Waals surface area contributed by atoms with Gasteiger partial charge < -0.3 is 29.7 Å². The molecule has 1 aliphatic rings. The first kappa shape index (κ1) is 23.3. The van der Waals surface area contributed by atoms with Gasteiger partial charge in [-0.05, 0) is 32.9 Å². The molecule has 1 atom stereocenters. The van der Waals surface area contributed by atoms with E-state index in [1.165, 1.54) is 21.3 Å². The van der Waals surface area contributed by atoms with Crippen molar-refractivity contribution in [1.29, 1.82) is 0 Å². The second kappa shape index (κ2) is 9.69. The van der Waals surface area contributed by atoms with E-state index in [1.807, 2.05) is 20.8 Å². The second-order valence-corrected chi connectivity index (χ2v) is 8.04. The highest BCUT2D eigenvalue weighted by Gasteiger charge is 2.39. The maximum absolute atomic E-state index is 12.5. The van der Waals surface area contributed by atoms with Crippen molar-refractivity contribution in [2.24, 2.45) is 5.92 Å². The zero-order valence-electron chi connectivity index (χ0n) is 18.5. The summed E-state index contributed by atoms with van der Waals surface area (Å²) in [6, 6.07) is 3.11. The van der Waals surface area contributed by atoms with Gasteiger partial charge in [0.2, 0.25) is 17.6 Å². The van der Waals surface area contributed by atoms with Gasteiger partial charge in [0.05, 0.1) is 27.2 Å². The van der Waals surface area contributed by atoms with Crippen molar-refractivity contribution >= 4 is 17.7 Å². The molecule has 1 aromatic rings.